The minimum atomic E-state index is -0.201. The Kier molecular flexibility index (Phi) is 2.56. The van der Waals surface area contributed by atoms with E-state index in [0.717, 1.165) is 11.2 Å². The number of nitrogens with zero attached hydrogens (tertiary/aromatic N) is 2. The van der Waals surface area contributed by atoms with Gasteiger partial charge in [0, 0.05) is 11.4 Å². The van der Waals surface area contributed by atoms with Gasteiger partial charge in [0.15, 0.2) is 0 Å². The molecule has 0 fully saturated rings. The molecule has 0 atom stereocenters. The second-order valence-corrected chi connectivity index (χ2v) is 4.41. The lowest BCUT2D eigenvalue weighted by Gasteiger charge is -2.13. The van der Waals surface area contributed by atoms with E-state index in [4.69, 9.17) is 5.73 Å². The highest BCUT2D eigenvalue weighted by atomic mass is 16.1. The Morgan fingerprint density at radius 1 is 1.11 bits per heavy atom. The van der Waals surface area contributed by atoms with Crippen LogP contribution in [-0.2, 0) is 0 Å². The highest BCUT2D eigenvalue weighted by Crippen LogP contribution is 2.19. The summed E-state index contributed by atoms with van der Waals surface area (Å²) in [6.45, 7) is 1.82. The number of aromatic nitrogens is 2. The van der Waals surface area contributed by atoms with Gasteiger partial charge in [-0.15, -0.1) is 0 Å². The molecule has 0 aliphatic rings. The fourth-order valence-corrected chi connectivity index (χ4v) is 2.27. The van der Waals surface area contributed by atoms with Gasteiger partial charge in [-0.05, 0) is 37.3 Å². The van der Waals surface area contributed by atoms with Crippen LogP contribution in [0.15, 0.2) is 53.3 Å². The largest absolute Gasteiger partial charge is 0.399 e. The third-order valence-electron chi connectivity index (χ3n) is 3.09. The van der Waals surface area contributed by atoms with Crippen molar-refractivity contribution in [2.45, 2.75) is 6.92 Å². The van der Waals surface area contributed by atoms with Crippen LogP contribution >= 0.6 is 0 Å². The molecule has 2 N–H and O–H groups in total. The lowest BCUT2D eigenvalue weighted by molar-refractivity contribution is 0.933. The maximum Gasteiger partial charge on any atom is 0.280 e. The van der Waals surface area contributed by atoms with Crippen LogP contribution in [0.25, 0.3) is 16.6 Å². The van der Waals surface area contributed by atoms with Crippen molar-refractivity contribution in [1.82, 2.24) is 9.55 Å². The predicted molar refractivity (Wildman–Crippen MR) is 76.5 cm³/mol. The van der Waals surface area contributed by atoms with Gasteiger partial charge in [0.05, 0.1) is 10.9 Å². The number of fused-ring (bicyclic) bond motifs is 1. The fourth-order valence-electron chi connectivity index (χ4n) is 2.27. The van der Waals surface area contributed by atoms with Crippen LogP contribution in [0.4, 0.5) is 5.69 Å². The van der Waals surface area contributed by atoms with E-state index in [1.807, 2.05) is 54.0 Å². The zero-order chi connectivity index (χ0) is 13.4. The van der Waals surface area contributed by atoms with Gasteiger partial charge < -0.3 is 5.73 Å². The van der Waals surface area contributed by atoms with Crippen molar-refractivity contribution in [1.29, 1.82) is 0 Å². The first kappa shape index (κ1) is 11.5. The van der Waals surface area contributed by atoms with Gasteiger partial charge in [-0.1, -0.05) is 18.2 Å². The van der Waals surface area contributed by atoms with Crippen LogP contribution in [-0.4, -0.2) is 9.55 Å². The SMILES string of the molecule is Cc1nc(=O)c2ccccc2n1-c1cccc(N)c1. The molecule has 3 rings (SSSR count). The van der Waals surface area contributed by atoms with Gasteiger partial charge in [0.1, 0.15) is 5.82 Å². The van der Waals surface area contributed by atoms with Crippen LogP contribution < -0.4 is 11.3 Å². The average Bonchev–Trinajstić information content (AvgIpc) is 2.39. The second kappa shape index (κ2) is 4.24. The van der Waals surface area contributed by atoms with E-state index >= 15 is 0 Å². The molecule has 2 aromatic carbocycles. The molecule has 3 aromatic rings. The molecule has 0 radical (unpaired) electrons. The van der Waals surface area contributed by atoms with Crippen molar-refractivity contribution < 1.29 is 0 Å². The number of rotatable bonds is 1. The summed E-state index contributed by atoms with van der Waals surface area (Å²) in [6, 6.07) is 15.0. The average molecular weight is 251 g/mol. The summed E-state index contributed by atoms with van der Waals surface area (Å²) < 4.78 is 1.94. The van der Waals surface area contributed by atoms with E-state index in [1.54, 1.807) is 6.07 Å². The summed E-state index contributed by atoms with van der Waals surface area (Å²) in [5, 5.41) is 0.607. The van der Waals surface area contributed by atoms with E-state index in [2.05, 4.69) is 4.98 Å². The highest BCUT2D eigenvalue weighted by Gasteiger charge is 2.08. The van der Waals surface area contributed by atoms with Crippen LogP contribution in [0, 0.1) is 6.92 Å². The Morgan fingerprint density at radius 2 is 1.89 bits per heavy atom. The Hall–Kier alpha value is -2.62. The van der Waals surface area contributed by atoms with Gasteiger partial charge in [-0.2, -0.15) is 4.98 Å². The van der Waals surface area contributed by atoms with Gasteiger partial charge in [0.2, 0.25) is 0 Å². The smallest absolute Gasteiger partial charge is 0.280 e. The lowest BCUT2D eigenvalue weighted by Crippen LogP contribution is -2.15. The molecule has 4 heteroatoms. The van der Waals surface area contributed by atoms with E-state index in [-0.39, 0.29) is 5.56 Å². The maximum atomic E-state index is 11.9. The first-order valence-electron chi connectivity index (χ1n) is 6.01. The van der Waals surface area contributed by atoms with Gasteiger partial charge >= 0.3 is 0 Å². The van der Waals surface area contributed by atoms with Gasteiger partial charge in [-0.25, -0.2) is 0 Å². The molecule has 1 heterocycles. The summed E-state index contributed by atoms with van der Waals surface area (Å²) in [5.41, 5.74) is 8.05. The molecule has 94 valence electrons. The number of anilines is 1. The molecule has 0 aliphatic carbocycles. The normalized spacial score (nSPS) is 10.8. The second-order valence-electron chi connectivity index (χ2n) is 4.41. The van der Waals surface area contributed by atoms with Crippen molar-refractivity contribution in [3.63, 3.8) is 0 Å². The number of nitrogen functional groups attached to an aromatic ring is 1. The summed E-state index contributed by atoms with van der Waals surface area (Å²) in [4.78, 5) is 16.0. The van der Waals surface area contributed by atoms with Gasteiger partial charge in [0.25, 0.3) is 5.56 Å². The Morgan fingerprint density at radius 3 is 2.68 bits per heavy atom. The monoisotopic (exact) mass is 251 g/mol. The van der Waals surface area contributed by atoms with Crippen molar-refractivity contribution in [3.8, 4) is 5.69 Å². The summed E-state index contributed by atoms with van der Waals surface area (Å²) in [5.74, 6) is 0.648. The molecule has 19 heavy (non-hydrogen) atoms. The molecule has 0 saturated heterocycles. The minimum Gasteiger partial charge on any atom is -0.399 e. The van der Waals surface area contributed by atoms with E-state index in [0.29, 0.717) is 16.9 Å². The molecule has 0 unspecified atom stereocenters. The molecular formula is C15H13N3O. The highest BCUT2D eigenvalue weighted by molar-refractivity contribution is 5.80. The van der Waals surface area contributed by atoms with Crippen molar-refractivity contribution in [2.75, 3.05) is 5.73 Å². The number of aryl methyl sites for hydroxylation is 1. The summed E-state index contributed by atoms with van der Waals surface area (Å²) >= 11 is 0. The number of nitrogens with two attached hydrogens (primary N) is 1. The van der Waals surface area contributed by atoms with E-state index < -0.39 is 0 Å². The van der Waals surface area contributed by atoms with Crippen LogP contribution in [0.2, 0.25) is 0 Å². The third-order valence-corrected chi connectivity index (χ3v) is 3.09. The summed E-state index contributed by atoms with van der Waals surface area (Å²) in [7, 11) is 0. The Balaban J connectivity index is 2.44. The maximum absolute atomic E-state index is 11.9. The topological polar surface area (TPSA) is 60.9 Å². The van der Waals surface area contributed by atoms with Gasteiger partial charge in [-0.3, -0.25) is 9.36 Å². The molecule has 0 saturated carbocycles. The molecule has 4 nitrogen and oxygen atoms in total. The third kappa shape index (κ3) is 1.87. The number of hydrogen-bond acceptors (Lipinski definition) is 3. The fraction of sp³-hybridized carbons (Fsp3) is 0.0667. The minimum absolute atomic E-state index is 0.201. The van der Waals surface area contributed by atoms with Crippen LogP contribution in [0.1, 0.15) is 5.82 Å². The quantitative estimate of drug-likeness (QED) is 0.675. The molecule has 0 bridgehead atoms. The number of benzene rings is 2. The molecular weight excluding hydrogens is 238 g/mol. The Bertz CT molecular complexity index is 821. The zero-order valence-corrected chi connectivity index (χ0v) is 10.5. The van der Waals surface area contributed by atoms with Crippen molar-refractivity contribution in [3.05, 3.63) is 64.7 Å². The van der Waals surface area contributed by atoms with Crippen molar-refractivity contribution >= 4 is 16.6 Å². The first-order valence-corrected chi connectivity index (χ1v) is 6.01. The molecule has 0 amide bonds. The van der Waals surface area contributed by atoms with Crippen molar-refractivity contribution in [2.24, 2.45) is 0 Å². The molecule has 0 spiro atoms. The summed E-state index contributed by atoms with van der Waals surface area (Å²) in [6.07, 6.45) is 0. The van der Waals surface area contributed by atoms with E-state index in [1.165, 1.54) is 0 Å². The van der Waals surface area contributed by atoms with Crippen LogP contribution in [0.3, 0.4) is 0 Å². The number of hydrogen-bond donors (Lipinski definition) is 1. The predicted octanol–water partition coefficient (Wildman–Crippen LogP) is 2.28. The zero-order valence-electron chi connectivity index (χ0n) is 10.5. The lowest BCUT2D eigenvalue weighted by atomic mass is 10.2. The number of para-hydroxylation sites is 1. The molecule has 0 aliphatic heterocycles. The first-order chi connectivity index (χ1) is 9.16. The van der Waals surface area contributed by atoms with E-state index in [9.17, 15) is 4.79 Å². The standard InChI is InChI=1S/C15H13N3O/c1-10-17-15(19)13-7-2-3-8-14(13)18(10)12-6-4-5-11(16)9-12/h2-9H,16H2,1H3. The van der Waals surface area contributed by atoms with Crippen LogP contribution in [0.5, 0.6) is 0 Å². The Labute approximate surface area is 110 Å². The molecule has 1 aromatic heterocycles.